The Balaban J connectivity index is 1.23. The van der Waals surface area contributed by atoms with E-state index in [1.165, 1.54) is 115 Å². The Morgan fingerprint density at radius 2 is 1.31 bits per heavy atom. The molecule has 3 nitrogen and oxygen atoms in total. The van der Waals surface area contributed by atoms with Gasteiger partial charge >= 0.3 is 0 Å². The van der Waals surface area contributed by atoms with E-state index in [1.807, 2.05) is 24.5 Å². The second-order valence-corrected chi connectivity index (χ2v) is 10.7. The highest BCUT2D eigenvalue weighted by atomic mass is 16.5. The first-order chi connectivity index (χ1) is 17.3. The van der Waals surface area contributed by atoms with E-state index in [4.69, 9.17) is 4.74 Å². The Kier molecular flexibility index (Phi) is 13.9. The van der Waals surface area contributed by atoms with E-state index >= 15 is 0 Å². The molecule has 1 aliphatic carbocycles. The number of aryl methyl sites for hydroxylation is 1. The topological polar surface area (TPSA) is 35.0 Å². The molecule has 0 N–H and O–H groups in total. The lowest BCUT2D eigenvalue weighted by molar-refractivity contribution is 0.304. The lowest BCUT2D eigenvalue weighted by Crippen LogP contribution is -1.98. The van der Waals surface area contributed by atoms with Crippen molar-refractivity contribution in [1.82, 2.24) is 9.97 Å². The molecule has 0 saturated heterocycles. The lowest BCUT2D eigenvalue weighted by atomic mass is 9.99. The zero-order chi connectivity index (χ0) is 24.4. The highest BCUT2D eigenvalue weighted by Gasteiger charge is 2.13. The molecule has 1 aromatic carbocycles. The standard InChI is InChI=1S/C32H50N2O/c1-2-3-4-5-6-10-13-20-29-26-33-32(34-27-29)30-21-23-31(24-22-30)35-25-16-11-8-7-9-12-17-28-18-14-15-19-28/h21-24,26-28H,2-20,25H2,1H3. The predicted octanol–water partition coefficient (Wildman–Crippen LogP) is 9.74. The van der Waals surface area contributed by atoms with Crippen LogP contribution >= 0.6 is 0 Å². The number of benzene rings is 1. The molecular formula is C32H50N2O. The van der Waals surface area contributed by atoms with E-state index in [0.29, 0.717) is 0 Å². The van der Waals surface area contributed by atoms with Gasteiger partial charge in [0.1, 0.15) is 5.75 Å². The van der Waals surface area contributed by atoms with Gasteiger partial charge in [0.15, 0.2) is 5.82 Å². The normalized spacial score (nSPS) is 14.0. The molecule has 0 aliphatic heterocycles. The van der Waals surface area contributed by atoms with E-state index in [1.54, 1.807) is 0 Å². The summed E-state index contributed by atoms with van der Waals surface area (Å²) in [7, 11) is 0. The van der Waals surface area contributed by atoms with Crippen LogP contribution in [0.25, 0.3) is 11.4 Å². The van der Waals surface area contributed by atoms with Crippen LogP contribution in [0.5, 0.6) is 5.75 Å². The molecule has 35 heavy (non-hydrogen) atoms. The van der Waals surface area contributed by atoms with Gasteiger partial charge in [0, 0.05) is 18.0 Å². The Labute approximate surface area is 215 Å². The van der Waals surface area contributed by atoms with Crippen LogP contribution in [0, 0.1) is 5.92 Å². The van der Waals surface area contributed by atoms with Crippen molar-refractivity contribution in [2.75, 3.05) is 6.61 Å². The van der Waals surface area contributed by atoms with Crippen molar-refractivity contribution in [2.24, 2.45) is 5.92 Å². The third-order valence-electron chi connectivity index (χ3n) is 7.64. The Morgan fingerprint density at radius 3 is 2.00 bits per heavy atom. The van der Waals surface area contributed by atoms with E-state index in [0.717, 1.165) is 42.5 Å². The average Bonchev–Trinajstić information content (AvgIpc) is 3.42. The summed E-state index contributed by atoms with van der Waals surface area (Å²) in [4.78, 5) is 9.21. The molecule has 0 atom stereocenters. The van der Waals surface area contributed by atoms with E-state index in [-0.39, 0.29) is 0 Å². The van der Waals surface area contributed by atoms with Gasteiger partial charge in [-0.3, -0.25) is 0 Å². The molecule has 2 aromatic rings. The fourth-order valence-electron chi connectivity index (χ4n) is 5.35. The molecule has 1 fully saturated rings. The van der Waals surface area contributed by atoms with Gasteiger partial charge in [-0.05, 0) is 55.0 Å². The SMILES string of the molecule is CCCCCCCCCc1cnc(-c2ccc(OCCCCCCCCC3CCCC3)cc2)nc1. The van der Waals surface area contributed by atoms with Gasteiger partial charge in [0.25, 0.3) is 0 Å². The predicted molar refractivity (Wildman–Crippen MR) is 149 cm³/mol. The minimum Gasteiger partial charge on any atom is -0.494 e. The third-order valence-corrected chi connectivity index (χ3v) is 7.64. The summed E-state index contributed by atoms with van der Waals surface area (Å²) in [5.74, 6) is 2.80. The molecule has 3 rings (SSSR count). The summed E-state index contributed by atoms with van der Waals surface area (Å²) in [6, 6.07) is 8.25. The van der Waals surface area contributed by atoms with Gasteiger partial charge in [0.2, 0.25) is 0 Å². The number of aromatic nitrogens is 2. The maximum atomic E-state index is 5.96. The summed E-state index contributed by atoms with van der Waals surface area (Å²) >= 11 is 0. The molecule has 0 unspecified atom stereocenters. The van der Waals surface area contributed by atoms with Crippen molar-refractivity contribution in [3.63, 3.8) is 0 Å². The molecular weight excluding hydrogens is 428 g/mol. The minimum absolute atomic E-state index is 0.799. The van der Waals surface area contributed by atoms with Crippen molar-refractivity contribution >= 4 is 0 Å². The number of nitrogens with zero attached hydrogens (tertiary/aromatic N) is 2. The second kappa shape index (κ2) is 17.5. The number of ether oxygens (including phenoxy) is 1. The molecule has 0 amide bonds. The monoisotopic (exact) mass is 478 g/mol. The molecule has 0 bridgehead atoms. The number of rotatable bonds is 19. The van der Waals surface area contributed by atoms with Crippen LogP contribution < -0.4 is 4.74 Å². The van der Waals surface area contributed by atoms with Crippen LogP contribution in [-0.4, -0.2) is 16.6 Å². The quantitative estimate of drug-likeness (QED) is 0.188. The molecule has 1 saturated carbocycles. The molecule has 0 spiro atoms. The molecule has 0 radical (unpaired) electrons. The zero-order valence-electron chi connectivity index (χ0n) is 22.5. The number of hydrogen-bond acceptors (Lipinski definition) is 3. The maximum absolute atomic E-state index is 5.96. The number of hydrogen-bond donors (Lipinski definition) is 0. The molecule has 194 valence electrons. The van der Waals surface area contributed by atoms with Crippen molar-refractivity contribution in [2.45, 2.75) is 129 Å². The van der Waals surface area contributed by atoms with Crippen molar-refractivity contribution in [3.05, 3.63) is 42.2 Å². The van der Waals surface area contributed by atoms with Crippen LogP contribution in [0.3, 0.4) is 0 Å². The molecule has 1 heterocycles. The highest BCUT2D eigenvalue weighted by molar-refractivity contribution is 5.55. The van der Waals surface area contributed by atoms with Crippen molar-refractivity contribution in [3.8, 4) is 17.1 Å². The average molecular weight is 479 g/mol. The van der Waals surface area contributed by atoms with Crippen LogP contribution in [-0.2, 0) is 6.42 Å². The Hall–Kier alpha value is -1.90. The molecule has 3 heteroatoms. The van der Waals surface area contributed by atoms with Gasteiger partial charge in [-0.1, -0.05) is 110 Å². The third kappa shape index (κ3) is 11.6. The first-order valence-corrected chi connectivity index (χ1v) is 14.9. The Morgan fingerprint density at radius 1 is 0.714 bits per heavy atom. The van der Waals surface area contributed by atoms with E-state index in [9.17, 15) is 0 Å². The van der Waals surface area contributed by atoms with Crippen LogP contribution in [0.1, 0.15) is 128 Å². The van der Waals surface area contributed by atoms with Crippen molar-refractivity contribution < 1.29 is 4.74 Å². The van der Waals surface area contributed by atoms with E-state index < -0.39 is 0 Å². The van der Waals surface area contributed by atoms with Gasteiger partial charge < -0.3 is 4.74 Å². The molecule has 1 aliphatic rings. The van der Waals surface area contributed by atoms with Gasteiger partial charge in [0.05, 0.1) is 6.61 Å². The smallest absolute Gasteiger partial charge is 0.159 e. The zero-order valence-corrected chi connectivity index (χ0v) is 22.5. The van der Waals surface area contributed by atoms with Crippen LogP contribution in [0.15, 0.2) is 36.7 Å². The lowest BCUT2D eigenvalue weighted by Gasteiger charge is -2.09. The first kappa shape index (κ1) is 27.7. The van der Waals surface area contributed by atoms with Crippen molar-refractivity contribution in [1.29, 1.82) is 0 Å². The summed E-state index contributed by atoms with van der Waals surface area (Å²) < 4.78 is 5.96. The van der Waals surface area contributed by atoms with E-state index in [2.05, 4.69) is 29.0 Å². The number of unbranched alkanes of at least 4 members (excludes halogenated alkanes) is 11. The molecule has 1 aromatic heterocycles. The summed E-state index contributed by atoms with van der Waals surface area (Å²) in [5.41, 5.74) is 2.30. The fourth-order valence-corrected chi connectivity index (χ4v) is 5.35. The second-order valence-electron chi connectivity index (χ2n) is 10.7. The summed E-state index contributed by atoms with van der Waals surface area (Å²) in [6.45, 7) is 3.08. The van der Waals surface area contributed by atoms with Gasteiger partial charge in [-0.25, -0.2) is 9.97 Å². The summed E-state index contributed by atoms with van der Waals surface area (Å²) in [5, 5.41) is 0. The summed E-state index contributed by atoms with van der Waals surface area (Å²) in [6.07, 6.45) is 29.9. The van der Waals surface area contributed by atoms with Crippen LogP contribution in [0.4, 0.5) is 0 Å². The first-order valence-electron chi connectivity index (χ1n) is 14.9. The van der Waals surface area contributed by atoms with Gasteiger partial charge in [-0.2, -0.15) is 0 Å². The van der Waals surface area contributed by atoms with Gasteiger partial charge in [-0.15, -0.1) is 0 Å². The maximum Gasteiger partial charge on any atom is 0.159 e. The Bertz CT molecular complexity index is 765. The van der Waals surface area contributed by atoms with Crippen LogP contribution in [0.2, 0.25) is 0 Å². The fraction of sp³-hybridized carbons (Fsp3) is 0.688. The minimum atomic E-state index is 0.799. The highest BCUT2D eigenvalue weighted by Crippen LogP contribution is 2.29. The largest absolute Gasteiger partial charge is 0.494 e.